The average Bonchev–Trinajstić information content (AvgIpc) is 2.47. The molecule has 1 rings (SSSR count). The normalized spacial score (nSPS) is 11.1. The van der Waals surface area contributed by atoms with Crippen molar-refractivity contribution >= 4 is 29.1 Å². The zero-order valence-corrected chi connectivity index (χ0v) is 12.3. The number of nitriles is 1. The number of benzene rings is 1. The number of nitro groups is 1. The SMILES string of the molecule is CCOC(=O)/C(C#N)=C(/Nc1ccccc1[N+](=O)[O-])SC. The van der Waals surface area contributed by atoms with E-state index in [-0.39, 0.29) is 28.6 Å². The minimum absolute atomic E-state index is 0.136. The van der Waals surface area contributed by atoms with Gasteiger partial charge in [-0.25, -0.2) is 4.79 Å². The Labute approximate surface area is 125 Å². The molecule has 0 aliphatic rings. The maximum absolute atomic E-state index is 11.7. The second-order valence-electron chi connectivity index (χ2n) is 3.64. The first kappa shape index (κ1) is 16.5. The van der Waals surface area contributed by atoms with Crippen LogP contribution in [0.1, 0.15) is 6.92 Å². The van der Waals surface area contributed by atoms with Gasteiger partial charge >= 0.3 is 5.97 Å². The summed E-state index contributed by atoms with van der Waals surface area (Å²) in [7, 11) is 0. The van der Waals surface area contributed by atoms with Crippen LogP contribution in [0, 0.1) is 21.4 Å². The summed E-state index contributed by atoms with van der Waals surface area (Å²) in [4.78, 5) is 22.1. The Morgan fingerprint density at radius 1 is 1.52 bits per heavy atom. The molecular formula is C13H13N3O4S. The lowest BCUT2D eigenvalue weighted by molar-refractivity contribution is -0.383. The summed E-state index contributed by atoms with van der Waals surface area (Å²) in [6.07, 6.45) is 1.65. The monoisotopic (exact) mass is 307 g/mol. The van der Waals surface area contributed by atoms with E-state index in [9.17, 15) is 14.9 Å². The van der Waals surface area contributed by atoms with Crippen molar-refractivity contribution < 1.29 is 14.5 Å². The number of ether oxygens (including phenoxy) is 1. The van der Waals surface area contributed by atoms with Gasteiger partial charge in [-0.1, -0.05) is 12.1 Å². The first-order chi connectivity index (χ1) is 10.0. The summed E-state index contributed by atoms with van der Waals surface area (Å²) in [6.45, 7) is 1.76. The lowest BCUT2D eigenvalue weighted by Gasteiger charge is -2.10. The zero-order valence-electron chi connectivity index (χ0n) is 11.5. The number of nitrogens with zero attached hydrogens (tertiary/aromatic N) is 2. The molecule has 0 spiro atoms. The van der Waals surface area contributed by atoms with E-state index in [1.807, 2.05) is 0 Å². The van der Waals surface area contributed by atoms with Crippen molar-refractivity contribution in [3.05, 3.63) is 45.0 Å². The summed E-state index contributed by atoms with van der Waals surface area (Å²) in [6, 6.07) is 7.73. The third kappa shape index (κ3) is 4.22. The lowest BCUT2D eigenvalue weighted by atomic mass is 10.2. The van der Waals surface area contributed by atoms with Crippen molar-refractivity contribution in [1.29, 1.82) is 5.26 Å². The van der Waals surface area contributed by atoms with Gasteiger partial charge in [-0.15, -0.1) is 11.8 Å². The molecule has 0 saturated carbocycles. The number of nitrogens with one attached hydrogen (secondary N) is 1. The van der Waals surface area contributed by atoms with Gasteiger partial charge in [-0.2, -0.15) is 5.26 Å². The molecule has 7 nitrogen and oxygen atoms in total. The molecule has 0 amide bonds. The smallest absolute Gasteiger partial charge is 0.351 e. The maximum Gasteiger partial charge on any atom is 0.351 e. The van der Waals surface area contributed by atoms with Crippen LogP contribution in [0.25, 0.3) is 0 Å². The van der Waals surface area contributed by atoms with E-state index in [1.54, 1.807) is 25.3 Å². The molecule has 0 unspecified atom stereocenters. The van der Waals surface area contributed by atoms with Gasteiger partial charge in [0.25, 0.3) is 5.69 Å². The highest BCUT2D eigenvalue weighted by Gasteiger charge is 2.19. The summed E-state index contributed by atoms with van der Waals surface area (Å²) in [5, 5.41) is 23.0. The zero-order chi connectivity index (χ0) is 15.8. The molecule has 0 heterocycles. The van der Waals surface area contributed by atoms with Crippen molar-refractivity contribution in [1.82, 2.24) is 0 Å². The number of hydrogen-bond acceptors (Lipinski definition) is 7. The summed E-state index contributed by atoms with van der Waals surface area (Å²) in [5.41, 5.74) is -0.170. The van der Waals surface area contributed by atoms with Crippen LogP contribution in [0.5, 0.6) is 0 Å². The predicted molar refractivity (Wildman–Crippen MR) is 79.5 cm³/mol. The fourth-order valence-corrected chi connectivity index (χ4v) is 2.01. The summed E-state index contributed by atoms with van der Waals surface area (Å²) in [5.74, 6) is -0.768. The summed E-state index contributed by atoms with van der Waals surface area (Å²) < 4.78 is 4.79. The highest BCUT2D eigenvalue weighted by Crippen LogP contribution is 2.28. The number of para-hydroxylation sites is 2. The molecule has 0 fully saturated rings. The Hall–Kier alpha value is -2.53. The number of thioether (sulfide) groups is 1. The van der Waals surface area contributed by atoms with Gasteiger partial charge in [0.2, 0.25) is 0 Å². The van der Waals surface area contributed by atoms with Crippen molar-refractivity contribution in [2.24, 2.45) is 0 Å². The van der Waals surface area contributed by atoms with E-state index in [2.05, 4.69) is 5.32 Å². The Morgan fingerprint density at radius 2 is 2.19 bits per heavy atom. The molecule has 1 aromatic carbocycles. The van der Waals surface area contributed by atoms with E-state index in [4.69, 9.17) is 10.00 Å². The van der Waals surface area contributed by atoms with Crippen LogP contribution in [0.2, 0.25) is 0 Å². The van der Waals surface area contributed by atoms with Gasteiger partial charge in [0, 0.05) is 6.07 Å². The Balaban J connectivity index is 3.21. The Bertz CT molecular complexity index is 622. The van der Waals surface area contributed by atoms with Gasteiger partial charge in [-0.05, 0) is 19.2 Å². The Morgan fingerprint density at radius 3 is 2.71 bits per heavy atom. The van der Waals surface area contributed by atoms with Crippen molar-refractivity contribution in [2.75, 3.05) is 18.2 Å². The second-order valence-corrected chi connectivity index (χ2v) is 4.46. The van der Waals surface area contributed by atoms with E-state index in [0.29, 0.717) is 0 Å². The first-order valence-corrected chi connectivity index (χ1v) is 7.13. The quantitative estimate of drug-likeness (QED) is 0.283. The molecule has 8 heteroatoms. The van der Waals surface area contributed by atoms with Crippen LogP contribution >= 0.6 is 11.8 Å². The van der Waals surface area contributed by atoms with Crippen molar-refractivity contribution in [3.8, 4) is 6.07 Å². The average molecular weight is 307 g/mol. The number of hydrogen-bond donors (Lipinski definition) is 1. The predicted octanol–water partition coefficient (Wildman–Crippen LogP) is 2.67. The topological polar surface area (TPSA) is 105 Å². The standard InChI is InChI=1S/C13H13N3O4S/c1-3-20-13(17)9(8-14)12(21-2)15-10-6-4-5-7-11(10)16(18)19/h4-7,15H,3H2,1-2H3/b12-9-. The van der Waals surface area contributed by atoms with Crippen LogP contribution in [0.15, 0.2) is 34.9 Å². The molecule has 0 saturated heterocycles. The van der Waals surface area contributed by atoms with Crippen LogP contribution < -0.4 is 5.32 Å². The first-order valence-electron chi connectivity index (χ1n) is 5.91. The number of nitro benzene ring substituents is 1. The molecule has 0 aliphatic heterocycles. The lowest BCUT2D eigenvalue weighted by Crippen LogP contribution is -2.12. The minimum Gasteiger partial charge on any atom is -0.462 e. The van der Waals surface area contributed by atoms with Crippen LogP contribution in [-0.2, 0) is 9.53 Å². The molecule has 1 N–H and O–H groups in total. The van der Waals surface area contributed by atoms with Gasteiger partial charge < -0.3 is 10.1 Å². The fourth-order valence-electron chi connectivity index (χ4n) is 1.47. The molecule has 110 valence electrons. The number of carbonyl (C=O) groups excluding carboxylic acids is 1. The third-order valence-corrected chi connectivity index (χ3v) is 3.09. The minimum atomic E-state index is -0.768. The van der Waals surface area contributed by atoms with Crippen LogP contribution in [0.4, 0.5) is 11.4 Å². The number of rotatable bonds is 6. The van der Waals surface area contributed by atoms with Crippen molar-refractivity contribution in [2.45, 2.75) is 6.92 Å². The van der Waals surface area contributed by atoms with E-state index >= 15 is 0 Å². The highest BCUT2D eigenvalue weighted by molar-refractivity contribution is 8.02. The number of anilines is 1. The van der Waals surface area contributed by atoms with E-state index in [1.165, 1.54) is 18.2 Å². The van der Waals surface area contributed by atoms with Crippen LogP contribution in [0.3, 0.4) is 0 Å². The number of carbonyl (C=O) groups is 1. The van der Waals surface area contributed by atoms with Gasteiger partial charge in [0.15, 0.2) is 5.57 Å². The molecular weight excluding hydrogens is 294 g/mol. The maximum atomic E-state index is 11.7. The second kappa shape index (κ2) is 7.91. The molecule has 0 atom stereocenters. The van der Waals surface area contributed by atoms with E-state index < -0.39 is 10.9 Å². The van der Waals surface area contributed by atoms with Gasteiger partial charge in [0.1, 0.15) is 11.8 Å². The molecule has 0 bridgehead atoms. The largest absolute Gasteiger partial charge is 0.462 e. The van der Waals surface area contributed by atoms with E-state index in [0.717, 1.165) is 11.8 Å². The molecule has 0 aliphatic carbocycles. The van der Waals surface area contributed by atoms with Gasteiger partial charge in [-0.3, -0.25) is 10.1 Å². The number of esters is 1. The highest BCUT2D eigenvalue weighted by atomic mass is 32.2. The molecule has 21 heavy (non-hydrogen) atoms. The van der Waals surface area contributed by atoms with Crippen molar-refractivity contribution in [3.63, 3.8) is 0 Å². The molecule has 0 aromatic heterocycles. The fraction of sp³-hybridized carbons (Fsp3) is 0.231. The Kier molecular flexibility index (Phi) is 6.23. The van der Waals surface area contributed by atoms with Gasteiger partial charge in [0.05, 0.1) is 16.6 Å². The summed E-state index contributed by atoms with van der Waals surface area (Å²) >= 11 is 1.09. The molecule has 0 radical (unpaired) electrons. The molecule has 1 aromatic rings. The third-order valence-electron chi connectivity index (χ3n) is 2.37. The van der Waals surface area contributed by atoms with Crippen LogP contribution in [-0.4, -0.2) is 23.8 Å².